The molecule has 0 aliphatic rings. The van der Waals surface area contributed by atoms with Gasteiger partial charge in [0.05, 0.1) is 62.1 Å². The van der Waals surface area contributed by atoms with Crippen LogP contribution in [0, 0.1) is 18.3 Å². The lowest BCUT2D eigenvalue weighted by Crippen LogP contribution is -2.58. The average Bonchev–Trinajstić information content (AvgIpc) is 3.63. The van der Waals surface area contributed by atoms with Gasteiger partial charge in [-0.3, -0.25) is 23.5 Å². The molecule has 64 heavy (non-hydrogen) atoms. The Morgan fingerprint density at radius 1 is 0.828 bits per heavy atom. The van der Waals surface area contributed by atoms with Crippen LogP contribution < -0.4 is 21.7 Å². The summed E-state index contributed by atoms with van der Waals surface area (Å²) in [7, 11) is 0. The van der Waals surface area contributed by atoms with Crippen molar-refractivity contribution in [3.05, 3.63) is 98.6 Å². The topological polar surface area (TPSA) is 203 Å². The van der Waals surface area contributed by atoms with E-state index in [4.69, 9.17) is 65.1 Å². The lowest BCUT2D eigenvalue weighted by molar-refractivity contribution is -0.128. The normalized spacial score (nSPS) is 11.2. The number of hydrogen-bond donors (Lipinski definition) is 4. The average molecular weight is 958 g/mol. The Kier molecular flexibility index (Phi) is 21.9. The van der Waals surface area contributed by atoms with Gasteiger partial charge in [0.1, 0.15) is 12.1 Å². The molecule has 1 aromatic heterocycles. The molecule has 0 aliphatic heterocycles. The highest BCUT2D eigenvalue weighted by Crippen LogP contribution is 2.34. The third-order valence-corrected chi connectivity index (χ3v) is 11.9. The predicted molar refractivity (Wildman–Crippen MR) is 250 cm³/mol. The largest absolute Gasteiger partial charge is 0.377 e. The van der Waals surface area contributed by atoms with E-state index in [-0.39, 0.29) is 49.7 Å². The van der Waals surface area contributed by atoms with Crippen LogP contribution >= 0.6 is 46.8 Å². The minimum absolute atomic E-state index is 0.0472. The van der Waals surface area contributed by atoms with Gasteiger partial charge in [0.25, 0.3) is 11.8 Å². The van der Waals surface area contributed by atoms with Crippen molar-refractivity contribution in [1.82, 2.24) is 30.0 Å². The molecule has 3 aromatic carbocycles. The SMILES string of the molecule is CCC(CC)(NC(=O)c1nn(-c2ccc(Cl)cc2Cl)c(-c2ccc(Cl)cc2)c1C)C(=O)NCCOCCOCCOCCNC(=O)c1ccc(SN(CC#N)C(=O)CCCCN)cc1. The Morgan fingerprint density at radius 2 is 1.44 bits per heavy atom. The zero-order valence-electron chi connectivity index (χ0n) is 36.2. The summed E-state index contributed by atoms with van der Waals surface area (Å²) in [4.78, 5) is 53.3. The van der Waals surface area contributed by atoms with Gasteiger partial charge < -0.3 is 35.9 Å². The Bertz CT molecular complexity index is 2200. The number of aromatic nitrogens is 2. The molecule has 0 aliphatic carbocycles. The number of amides is 4. The summed E-state index contributed by atoms with van der Waals surface area (Å²) >= 11 is 20.1. The van der Waals surface area contributed by atoms with E-state index in [1.807, 2.05) is 32.0 Å². The number of carbonyl (C=O) groups is 4. The summed E-state index contributed by atoms with van der Waals surface area (Å²) in [6.07, 6.45) is 2.38. The lowest BCUT2D eigenvalue weighted by Gasteiger charge is -2.31. The van der Waals surface area contributed by atoms with Crippen LogP contribution in [0.3, 0.4) is 0 Å². The van der Waals surface area contributed by atoms with E-state index in [1.54, 1.807) is 66.2 Å². The number of benzene rings is 3. The fraction of sp³-hybridized carbons (Fsp3) is 0.422. The van der Waals surface area contributed by atoms with E-state index in [2.05, 4.69) is 16.0 Å². The number of rotatable bonds is 27. The van der Waals surface area contributed by atoms with Crippen molar-refractivity contribution in [1.29, 1.82) is 5.26 Å². The molecule has 0 saturated carbocycles. The maximum atomic E-state index is 13.9. The second-order valence-electron chi connectivity index (χ2n) is 14.4. The molecule has 19 heteroatoms. The van der Waals surface area contributed by atoms with Crippen molar-refractivity contribution in [2.24, 2.45) is 5.73 Å². The van der Waals surface area contributed by atoms with Gasteiger partial charge in [0, 0.05) is 51.1 Å². The number of halogens is 3. The fourth-order valence-corrected chi connectivity index (χ4v) is 7.87. The number of hydrogen-bond acceptors (Lipinski definition) is 11. The number of ether oxygens (including phenoxy) is 3. The summed E-state index contributed by atoms with van der Waals surface area (Å²) in [6, 6.07) is 21.0. The molecule has 4 rings (SSSR count). The van der Waals surface area contributed by atoms with Gasteiger partial charge in [-0.1, -0.05) is 60.8 Å². The first-order valence-corrected chi connectivity index (χ1v) is 22.9. The van der Waals surface area contributed by atoms with Gasteiger partial charge in [-0.25, -0.2) is 4.68 Å². The summed E-state index contributed by atoms with van der Waals surface area (Å²) in [5, 5.41) is 23.8. The van der Waals surface area contributed by atoms with E-state index in [0.717, 1.165) is 28.8 Å². The van der Waals surface area contributed by atoms with Gasteiger partial charge in [-0.05, 0) is 106 Å². The predicted octanol–water partition coefficient (Wildman–Crippen LogP) is 7.18. The molecule has 344 valence electrons. The number of nitrogens with zero attached hydrogens (tertiary/aromatic N) is 4. The zero-order chi connectivity index (χ0) is 46.5. The van der Waals surface area contributed by atoms with Crippen LogP contribution in [0.2, 0.25) is 15.1 Å². The molecule has 0 atom stereocenters. The molecule has 1 heterocycles. The quantitative estimate of drug-likeness (QED) is 0.0268. The molecular formula is C45H55Cl3N8O7S. The van der Waals surface area contributed by atoms with Crippen LogP contribution in [0.4, 0.5) is 0 Å². The minimum Gasteiger partial charge on any atom is -0.377 e. The Morgan fingerprint density at radius 3 is 2.03 bits per heavy atom. The smallest absolute Gasteiger partial charge is 0.272 e. The van der Waals surface area contributed by atoms with Crippen LogP contribution in [-0.2, 0) is 23.8 Å². The van der Waals surface area contributed by atoms with Crippen LogP contribution in [0.15, 0.2) is 71.6 Å². The standard InChI is InChI=1S/C45H55Cl3N8O7S/c1-4-45(5-2,53-43(59)40-31(3)41(32-9-13-34(46)14-10-32)56(54-40)38-18-15-35(47)30-37(38)48)44(60)52-22-25-62-27-29-63-28-26-61-24-21-51-42(58)33-11-16-36(17-12-33)64-55(23-20-50)39(57)8-6-7-19-49/h9-18,30H,4-8,19,21-29,49H2,1-3H3,(H,51,58)(H,52,60)(H,53,59). The van der Waals surface area contributed by atoms with E-state index < -0.39 is 11.4 Å². The number of nitrogens with two attached hydrogens (primary N) is 1. The van der Waals surface area contributed by atoms with Crippen molar-refractivity contribution in [3.8, 4) is 23.0 Å². The second kappa shape index (κ2) is 26.9. The highest BCUT2D eigenvalue weighted by atomic mass is 35.5. The van der Waals surface area contributed by atoms with Gasteiger partial charge >= 0.3 is 0 Å². The van der Waals surface area contributed by atoms with Gasteiger partial charge in [0.15, 0.2) is 5.69 Å². The van der Waals surface area contributed by atoms with Crippen molar-refractivity contribution in [2.75, 3.05) is 65.8 Å². The molecule has 4 aromatic rings. The minimum atomic E-state index is -1.21. The highest BCUT2D eigenvalue weighted by molar-refractivity contribution is 7.97. The molecule has 0 bridgehead atoms. The van der Waals surface area contributed by atoms with E-state index in [9.17, 15) is 19.2 Å². The Balaban J connectivity index is 1.14. The molecule has 0 radical (unpaired) electrons. The van der Waals surface area contributed by atoms with Crippen molar-refractivity contribution < 1.29 is 33.4 Å². The monoisotopic (exact) mass is 956 g/mol. The van der Waals surface area contributed by atoms with Crippen molar-refractivity contribution in [2.45, 2.75) is 63.3 Å². The number of nitrogens with one attached hydrogen (secondary N) is 3. The summed E-state index contributed by atoms with van der Waals surface area (Å²) in [5.74, 6) is -1.25. The number of unbranched alkanes of at least 4 members (excludes halogenated alkanes) is 1. The number of carbonyl (C=O) groups excluding carboxylic acids is 4. The molecule has 0 unspecified atom stereocenters. The molecule has 0 saturated heterocycles. The first-order chi connectivity index (χ1) is 30.9. The molecule has 5 N–H and O–H groups in total. The van der Waals surface area contributed by atoms with Crippen LogP contribution in [0.25, 0.3) is 16.9 Å². The van der Waals surface area contributed by atoms with Crippen molar-refractivity contribution >= 4 is 70.4 Å². The molecular weight excluding hydrogens is 903 g/mol. The van der Waals surface area contributed by atoms with Gasteiger partial charge in [-0.2, -0.15) is 10.4 Å². The molecule has 0 spiro atoms. The number of nitriles is 1. The fourth-order valence-electron chi connectivity index (χ4n) is 6.43. The maximum absolute atomic E-state index is 13.9. The maximum Gasteiger partial charge on any atom is 0.272 e. The van der Waals surface area contributed by atoms with Crippen LogP contribution in [0.1, 0.15) is 72.4 Å². The van der Waals surface area contributed by atoms with Gasteiger partial charge in [0.2, 0.25) is 11.8 Å². The first kappa shape index (κ1) is 51.9. The van der Waals surface area contributed by atoms with Gasteiger partial charge in [-0.15, -0.1) is 0 Å². The third kappa shape index (κ3) is 15.2. The molecule has 0 fully saturated rings. The first-order valence-electron chi connectivity index (χ1n) is 21.0. The van der Waals surface area contributed by atoms with Crippen LogP contribution in [0.5, 0.6) is 0 Å². The third-order valence-electron chi connectivity index (χ3n) is 10.1. The summed E-state index contributed by atoms with van der Waals surface area (Å²) in [5.41, 5.74) is 7.39. The summed E-state index contributed by atoms with van der Waals surface area (Å²) < 4.78 is 19.8. The van der Waals surface area contributed by atoms with E-state index in [1.165, 1.54) is 4.31 Å². The van der Waals surface area contributed by atoms with Crippen molar-refractivity contribution in [3.63, 3.8) is 0 Å². The van der Waals surface area contributed by atoms with E-state index in [0.29, 0.717) is 103 Å². The molecule has 15 nitrogen and oxygen atoms in total. The van der Waals surface area contributed by atoms with Crippen LogP contribution in [-0.4, -0.2) is 109 Å². The van der Waals surface area contributed by atoms with E-state index >= 15 is 0 Å². The zero-order valence-corrected chi connectivity index (χ0v) is 39.3. The summed E-state index contributed by atoms with van der Waals surface area (Å²) in [6.45, 7) is 8.22. The second-order valence-corrected chi connectivity index (χ2v) is 16.8. The molecule has 4 amide bonds. The highest BCUT2D eigenvalue weighted by Gasteiger charge is 2.38. The Hall–Kier alpha value is -4.70. The Labute approximate surface area is 393 Å². The lowest BCUT2D eigenvalue weighted by atomic mass is 9.91.